The number of rotatable bonds is 8. The number of ether oxygens (including phenoxy) is 1. The SMILES string of the molecule is COc1ccc(N(C)c2nc(NC(CO)Cc3ccccc3)nc3ccccc23)cc1. The molecule has 0 saturated heterocycles. The van der Waals surface area contributed by atoms with Gasteiger partial charge in [-0.05, 0) is 48.4 Å². The molecule has 158 valence electrons. The summed E-state index contributed by atoms with van der Waals surface area (Å²) < 4.78 is 5.27. The summed E-state index contributed by atoms with van der Waals surface area (Å²) in [5.74, 6) is 2.08. The number of aliphatic hydroxyl groups excluding tert-OH is 1. The summed E-state index contributed by atoms with van der Waals surface area (Å²) in [6, 6.07) is 25.7. The summed E-state index contributed by atoms with van der Waals surface area (Å²) in [5, 5.41) is 14.2. The van der Waals surface area contributed by atoms with E-state index in [4.69, 9.17) is 9.72 Å². The number of aliphatic hydroxyl groups is 1. The predicted molar refractivity (Wildman–Crippen MR) is 125 cm³/mol. The molecular weight excluding hydrogens is 388 g/mol. The number of nitrogens with one attached hydrogen (secondary N) is 1. The molecule has 0 aliphatic heterocycles. The molecule has 0 bridgehead atoms. The summed E-state index contributed by atoms with van der Waals surface area (Å²) in [6.45, 7) is -0.0191. The van der Waals surface area contributed by atoms with E-state index in [1.54, 1.807) is 7.11 Å². The number of anilines is 3. The van der Waals surface area contributed by atoms with Crippen LogP contribution in [0.3, 0.4) is 0 Å². The van der Waals surface area contributed by atoms with Gasteiger partial charge < -0.3 is 20.1 Å². The minimum atomic E-state index is -0.192. The van der Waals surface area contributed by atoms with Crippen molar-refractivity contribution in [1.29, 1.82) is 0 Å². The summed E-state index contributed by atoms with van der Waals surface area (Å²) in [7, 11) is 3.63. The summed E-state index contributed by atoms with van der Waals surface area (Å²) in [4.78, 5) is 11.5. The maximum absolute atomic E-state index is 9.93. The molecule has 1 heterocycles. The monoisotopic (exact) mass is 414 g/mol. The Morgan fingerprint density at radius 2 is 1.65 bits per heavy atom. The molecule has 0 amide bonds. The number of benzene rings is 3. The molecule has 6 nitrogen and oxygen atoms in total. The van der Waals surface area contributed by atoms with Crippen LogP contribution in [0.1, 0.15) is 5.56 Å². The fourth-order valence-corrected chi connectivity index (χ4v) is 3.55. The van der Waals surface area contributed by atoms with E-state index in [0.29, 0.717) is 12.4 Å². The van der Waals surface area contributed by atoms with Crippen molar-refractivity contribution in [2.45, 2.75) is 12.5 Å². The Labute approximate surface area is 182 Å². The van der Waals surface area contributed by atoms with Gasteiger partial charge in [0.1, 0.15) is 11.6 Å². The number of para-hydroxylation sites is 1. The highest BCUT2D eigenvalue weighted by molar-refractivity contribution is 5.92. The Morgan fingerprint density at radius 1 is 0.935 bits per heavy atom. The molecule has 0 aliphatic rings. The van der Waals surface area contributed by atoms with Crippen molar-refractivity contribution in [3.63, 3.8) is 0 Å². The third-order valence-corrected chi connectivity index (χ3v) is 5.24. The molecule has 0 aliphatic carbocycles. The van der Waals surface area contributed by atoms with Gasteiger partial charge in [0, 0.05) is 18.1 Å². The Balaban J connectivity index is 1.66. The molecule has 31 heavy (non-hydrogen) atoms. The van der Waals surface area contributed by atoms with Crippen molar-refractivity contribution in [1.82, 2.24) is 9.97 Å². The van der Waals surface area contributed by atoms with Crippen molar-refractivity contribution in [3.05, 3.63) is 84.4 Å². The average molecular weight is 415 g/mol. The minimum absolute atomic E-state index is 0.0191. The van der Waals surface area contributed by atoms with Gasteiger partial charge in [0.2, 0.25) is 5.95 Å². The van der Waals surface area contributed by atoms with Gasteiger partial charge in [-0.1, -0.05) is 42.5 Å². The number of nitrogens with zero attached hydrogens (tertiary/aromatic N) is 3. The van der Waals surface area contributed by atoms with Crippen LogP contribution in [0.4, 0.5) is 17.5 Å². The van der Waals surface area contributed by atoms with Crippen LogP contribution in [0.2, 0.25) is 0 Å². The van der Waals surface area contributed by atoms with E-state index in [1.807, 2.05) is 78.7 Å². The summed E-state index contributed by atoms with van der Waals surface area (Å²) >= 11 is 0. The van der Waals surface area contributed by atoms with Crippen molar-refractivity contribution < 1.29 is 9.84 Å². The molecule has 1 unspecified atom stereocenters. The minimum Gasteiger partial charge on any atom is -0.497 e. The highest BCUT2D eigenvalue weighted by Crippen LogP contribution is 2.30. The van der Waals surface area contributed by atoms with Crippen molar-refractivity contribution in [2.24, 2.45) is 0 Å². The van der Waals surface area contributed by atoms with E-state index in [2.05, 4.69) is 22.4 Å². The van der Waals surface area contributed by atoms with Gasteiger partial charge in [0.15, 0.2) is 0 Å². The van der Waals surface area contributed by atoms with E-state index in [-0.39, 0.29) is 12.6 Å². The van der Waals surface area contributed by atoms with E-state index < -0.39 is 0 Å². The molecule has 0 radical (unpaired) electrons. The maximum atomic E-state index is 9.93. The van der Waals surface area contributed by atoms with Crippen molar-refractivity contribution in [2.75, 3.05) is 31.0 Å². The first-order valence-corrected chi connectivity index (χ1v) is 10.2. The van der Waals surface area contributed by atoms with Gasteiger partial charge in [-0.3, -0.25) is 0 Å². The van der Waals surface area contributed by atoms with E-state index in [1.165, 1.54) is 0 Å². The lowest BCUT2D eigenvalue weighted by Crippen LogP contribution is -2.28. The molecule has 3 aromatic carbocycles. The molecule has 4 aromatic rings. The summed E-state index contributed by atoms with van der Waals surface area (Å²) in [5.41, 5.74) is 2.97. The van der Waals surface area contributed by atoms with Gasteiger partial charge in [0.05, 0.1) is 25.3 Å². The van der Waals surface area contributed by atoms with Crippen molar-refractivity contribution in [3.8, 4) is 5.75 Å². The maximum Gasteiger partial charge on any atom is 0.225 e. The van der Waals surface area contributed by atoms with E-state index >= 15 is 0 Å². The molecule has 2 N–H and O–H groups in total. The first kappa shape index (κ1) is 20.6. The Morgan fingerprint density at radius 3 is 2.35 bits per heavy atom. The highest BCUT2D eigenvalue weighted by Gasteiger charge is 2.16. The van der Waals surface area contributed by atoms with Crippen LogP contribution in [0.5, 0.6) is 5.75 Å². The lowest BCUT2D eigenvalue weighted by atomic mass is 10.1. The second kappa shape index (κ2) is 9.45. The third-order valence-electron chi connectivity index (χ3n) is 5.24. The average Bonchev–Trinajstić information content (AvgIpc) is 2.83. The standard InChI is InChI=1S/C25H26N4O2/c1-29(20-12-14-21(31-2)15-13-20)24-22-10-6-7-11-23(22)27-25(28-24)26-19(17-30)16-18-8-4-3-5-9-18/h3-15,19,30H,16-17H2,1-2H3,(H,26,27,28). The fraction of sp³-hybridized carbons (Fsp3) is 0.200. The molecular formula is C25H26N4O2. The second-order valence-corrected chi connectivity index (χ2v) is 7.36. The third kappa shape index (κ3) is 4.75. The summed E-state index contributed by atoms with van der Waals surface area (Å²) in [6.07, 6.45) is 0.678. The topological polar surface area (TPSA) is 70.5 Å². The van der Waals surface area contributed by atoms with Crippen LogP contribution in [-0.4, -0.2) is 41.9 Å². The van der Waals surface area contributed by atoms with Crippen LogP contribution < -0.4 is 15.0 Å². The van der Waals surface area contributed by atoms with Crippen LogP contribution in [0.15, 0.2) is 78.9 Å². The lowest BCUT2D eigenvalue weighted by Gasteiger charge is -2.22. The largest absolute Gasteiger partial charge is 0.497 e. The van der Waals surface area contributed by atoms with Gasteiger partial charge in [0.25, 0.3) is 0 Å². The van der Waals surface area contributed by atoms with Crippen LogP contribution in [-0.2, 0) is 6.42 Å². The number of hydrogen-bond donors (Lipinski definition) is 2. The molecule has 4 rings (SSSR count). The van der Waals surface area contributed by atoms with Crippen molar-refractivity contribution >= 4 is 28.4 Å². The van der Waals surface area contributed by atoms with Gasteiger partial charge in [-0.25, -0.2) is 4.98 Å². The number of aromatic nitrogens is 2. The van der Waals surface area contributed by atoms with Crippen LogP contribution in [0.25, 0.3) is 10.9 Å². The molecule has 0 spiro atoms. The molecule has 1 aromatic heterocycles. The highest BCUT2D eigenvalue weighted by atomic mass is 16.5. The zero-order valence-corrected chi connectivity index (χ0v) is 17.7. The Bertz CT molecular complexity index is 1130. The first-order valence-electron chi connectivity index (χ1n) is 10.2. The van der Waals surface area contributed by atoms with Gasteiger partial charge in [-0.15, -0.1) is 0 Å². The molecule has 6 heteroatoms. The van der Waals surface area contributed by atoms with E-state index in [0.717, 1.165) is 33.7 Å². The molecule has 0 saturated carbocycles. The molecule has 0 fully saturated rings. The van der Waals surface area contributed by atoms with Crippen LogP contribution >= 0.6 is 0 Å². The van der Waals surface area contributed by atoms with Gasteiger partial charge >= 0.3 is 0 Å². The normalized spacial score (nSPS) is 11.8. The first-order chi connectivity index (χ1) is 15.2. The second-order valence-electron chi connectivity index (χ2n) is 7.36. The zero-order chi connectivity index (χ0) is 21.6. The molecule has 1 atom stereocenters. The number of methoxy groups -OCH3 is 1. The number of hydrogen-bond acceptors (Lipinski definition) is 6. The smallest absolute Gasteiger partial charge is 0.225 e. The van der Waals surface area contributed by atoms with Crippen LogP contribution in [0, 0.1) is 0 Å². The Hall–Kier alpha value is -3.64. The Kier molecular flexibility index (Phi) is 6.29. The fourth-order valence-electron chi connectivity index (χ4n) is 3.55. The lowest BCUT2D eigenvalue weighted by molar-refractivity contribution is 0.273. The van der Waals surface area contributed by atoms with E-state index in [9.17, 15) is 5.11 Å². The number of fused-ring (bicyclic) bond motifs is 1. The quantitative estimate of drug-likeness (QED) is 0.445. The zero-order valence-electron chi connectivity index (χ0n) is 17.7. The van der Waals surface area contributed by atoms with Gasteiger partial charge in [-0.2, -0.15) is 4.98 Å². The predicted octanol–water partition coefficient (Wildman–Crippen LogP) is 4.42.